The van der Waals surface area contributed by atoms with Gasteiger partial charge in [-0.05, 0) is 42.8 Å². The first-order valence-corrected chi connectivity index (χ1v) is 7.99. The molecule has 122 valence electrons. The molecule has 0 aliphatic carbocycles. The summed E-state index contributed by atoms with van der Waals surface area (Å²) in [5.41, 5.74) is 1.83. The van der Waals surface area contributed by atoms with Crippen LogP contribution in [0, 0.1) is 5.82 Å². The highest BCUT2D eigenvalue weighted by Gasteiger charge is 2.28. The lowest BCUT2D eigenvalue weighted by atomic mass is 10.1. The minimum atomic E-state index is -0.193. The van der Waals surface area contributed by atoms with E-state index in [2.05, 4.69) is 20.0 Å². The van der Waals surface area contributed by atoms with Gasteiger partial charge in [0.2, 0.25) is 11.7 Å². The molecule has 0 amide bonds. The van der Waals surface area contributed by atoms with Gasteiger partial charge in [0.05, 0.1) is 5.92 Å². The lowest BCUT2D eigenvalue weighted by Gasteiger charge is -2.15. The van der Waals surface area contributed by atoms with Crippen molar-refractivity contribution in [3.05, 3.63) is 66.1 Å². The monoisotopic (exact) mass is 324 g/mol. The molecule has 0 N–H and O–H groups in total. The number of hydrogen-bond donors (Lipinski definition) is 0. The van der Waals surface area contributed by atoms with Crippen LogP contribution in [-0.4, -0.2) is 33.1 Å². The fourth-order valence-corrected chi connectivity index (χ4v) is 3.08. The van der Waals surface area contributed by atoms with Gasteiger partial charge in [-0.15, -0.1) is 0 Å². The van der Waals surface area contributed by atoms with Gasteiger partial charge in [0.1, 0.15) is 5.82 Å². The van der Waals surface area contributed by atoms with Gasteiger partial charge in [0.25, 0.3) is 0 Å². The predicted molar refractivity (Wildman–Crippen MR) is 86.6 cm³/mol. The molecule has 1 aliphatic rings. The van der Waals surface area contributed by atoms with E-state index in [4.69, 9.17) is 4.52 Å². The van der Waals surface area contributed by atoms with E-state index in [1.807, 2.05) is 18.2 Å². The van der Waals surface area contributed by atoms with Crippen molar-refractivity contribution in [2.45, 2.75) is 18.9 Å². The molecule has 1 aliphatic heterocycles. The van der Waals surface area contributed by atoms with Crippen LogP contribution >= 0.6 is 0 Å². The quantitative estimate of drug-likeness (QED) is 0.737. The molecule has 1 saturated heterocycles. The van der Waals surface area contributed by atoms with Crippen LogP contribution in [0.4, 0.5) is 4.39 Å². The Labute approximate surface area is 139 Å². The average Bonchev–Trinajstić information content (AvgIpc) is 3.25. The number of hydrogen-bond acceptors (Lipinski definition) is 5. The molecule has 3 heterocycles. The van der Waals surface area contributed by atoms with E-state index in [9.17, 15) is 4.39 Å². The number of nitrogens with zero attached hydrogens (tertiary/aromatic N) is 4. The number of aromatic nitrogens is 3. The Morgan fingerprint density at radius 1 is 1.25 bits per heavy atom. The van der Waals surface area contributed by atoms with Gasteiger partial charge in [-0.25, -0.2) is 4.39 Å². The molecule has 1 unspecified atom stereocenters. The van der Waals surface area contributed by atoms with Crippen molar-refractivity contribution in [3.8, 4) is 11.4 Å². The zero-order valence-electron chi connectivity index (χ0n) is 13.1. The molecular weight excluding hydrogens is 307 g/mol. The maximum atomic E-state index is 13.3. The molecule has 24 heavy (non-hydrogen) atoms. The summed E-state index contributed by atoms with van der Waals surface area (Å²) in [6.45, 7) is 2.51. The van der Waals surface area contributed by atoms with Gasteiger partial charge in [-0.3, -0.25) is 9.88 Å². The topological polar surface area (TPSA) is 55.1 Å². The molecule has 4 rings (SSSR count). The minimum absolute atomic E-state index is 0.193. The van der Waals surface area contributed by atoms with Gasteiger partial charge in [0.15, 0.2) is 0 Å². The molecule has 1 aromatic carbocycles. The van der Waals surface area contributed by atoms with E-state index in [0.717, 1.165) is 37.2 Å². The van der Waals surface area contributed by atoms with Crippen LogP contribution in [0.3, 0.4) is 0 Å². The molecular formula is C18H17FN4O. The summed E-state index contributed by atoms with van der Waals surface area (Å²) in [5, 5.41) is 4.06. The second-order valence-electron chi connectivity index (χ2n) is 6.05. The van der Waals surface area contributed by atoms with Gasteiger partial charge in [-0.1, -0.05) is 17.3 Å². The first-order chi connectivity index (χ1) is 11.8. The molecule has 0 radical (unpaired) electrons. The van der Waals surface area contributed by atoms with E-state index < -0.39 is 0 Å². The Balaban J connectivity index is 1.43. The maximum Gasteiger partial charge on any atom is 0.231 e. The predicted octanol–water partition coefficient (Wildman–Crippen LogP) is 3.26. The van der Waals surface area contributed by atoms with Crippen molar-refractivity contribution in [2.75, 3.05) is 13.1 Å². The maximum absolute atomic E-state index is 13.3. The van der Waals surface area contributed by atoms with Crippen LogP contribution in [0.1, 0.15) is 23.8 Å². The third-order valence-electron chi connectivity index (χ3n) is 4.28. The normalized spacial score (nSPS) is 18.1. The molecule has 1 fully saturated rings. The van der Waals surface area contributed by atoms with Crippen LogP contribution in [0.25, 0.3) is 11.4 Å². The summed E-state index contributed by atoms with van der Waals surface area (Å²) in [6, 6.07) is 10.5. The molecule has 6 heteroatoms. The first kappa shape index (κ1) is 15.0. The smallest absolute Gasteiger partial charge is 0.231 e. The van der Waals surface area contributed by atoms with Gasteiger partial charge in [0, 0.05) is 31.0 Å². The number of likely N-dealkylation sites (tertiary alicyclic amines) is 1. The summed E-state index contributed by atoms with van der Waals surface area (Å²) >= 11 is 0. The highest BCUT2D eigenvalue weighted by Crippen LogP contribution is 2.28. The van der Waals surface area contributed by atoms with Crippen LogP contribution < -0.4 is 0 Å². The van der Waals surface area contributed by atoms with E-state index in [0.29, 0.717) is 11.7 Å². The Morgan fingerprint density at radius 2 is 2.21 bits per heavy atom. The van der Waals surface area contributed by atoms with Crippen molar-refractivity contribution in [1.82, 2.24) is 20.0 Å². The SMILES string of the molecule is Fc1cccc(CN2CCC(c3nc(-c4cccnc4)no3)C2)c1. The Morgan fingerprint density at radius 3 is 3.04 bits per heavy atom. The first-order valence-electron chi connectivity index (χ1n) is 7.99. The molecule has 2 aromatic heterocycles. The highest BCUT2D eigenvalue weighted by molar-refractivity contribution is 5.51. The van der Waals surface area contributed by atoms with Crippen LogP contribution in [-0.2, 0) is 6.54 Å². The number of rotatable bonds is 4. The van der Waals surface area contributed by atoms with E-state index in [-0.39, 0.29) is 11.7 Å². The molecule has 0 bridgehead atoms. The van der Waals surface area contributed by atoms with Crippen molar-refractivity contribution < 1.29 is 8.91 Å². The van der Waals surface area contributed by atoms with Crippen molar-refractivity contribution >= 4 is 0 Å². The highest BCUT2D eigenvalue weighted by atomic mass is 19.1. The summed E-state index contributed by atoms with van der Waals surface area (Å²) in [5.74, 6) is 1.26. The fraction of sp³-hybridized carbons (Fsp3) is 0.278. The number of benzene rings is 1. The van der Waals surface area contributed by atoms with Gasteiger partial charge < -0.3 is 4.52 Å². The Hall–Kier alpha value is -2.60. The zero-order chi connectivity index (χ0) is 16.4. The molecule has 0 saturated carbocycles. The lowest BCUT2D eigenvalue weighted by molar-refractivity contribution is 0.309. The minimum Gasteiger partial charge on any atom is -0.339 e. The van der Waals surface area contributed by atoms with E-state index >= 15 is 0 Å². The van der Waals surface area contributed by atoms with Gasteiger partial charge in [-0.2, -0.15) is 4.98 Å². The fourth-order valence-electron chi connectivity index (χ4n) is 3.08. The van der Waals surface area contributed by atoms with Crippen LogP contribution in [0.5, 0.6) is 0 Å². The van der Waals surface area contributed by atoms with E-state index in [1.54, 1.807) is 24.5 Å². The second-order valence-corrected chi connectivity index (χ2v) is 6.05. The third kappa shape index (κ3) is 3.19. The Kier molecular flexibility index (Phi) is 4.04. The Bertz CT molecular complexity index is 821. The largest absolute Gasteiger partial charge is 0.339 e. The molecule has 1 atom stereocenters. The molecule has 0 spiro atoms. The van der Waals surface area contributed by atoms with Crippen molar-refractivity contribution in [2.24, 2.45) is 0 Å². The summed E-state index contributed by atoms with van der Waals surface area (Å²) < 4.78 is 18.7. The van der Waals surface area contributed by atoms with Crippen molar-refractivity contribution in [3.63, 3.8) is 0 Å². The summed E-state index contributed by atoms with van der Waals surface area (Å²) in [7, 11) is 0. The third-order valence-corrected chi connectivity index (χ3v) is 4.28. The number of halogens is 1. The average molecular weight is 324 g/mol. The van der Waals surface area contributed by atoms with E-state index in [1.165, 1.54) is 6.07 Å². The standard InChI is InChI=1S/C18H17FN4O/c19-16-5-1-3-13(9-16)11-23-8-6-15(12-23)18-21-17(22-24-18)14-4-2-7-20-10-14/h1-5,7,9-10,15H,6,8,11-12H2. The van der Waals surface area contributed by atoms with Crippen LogP contribution in [0.15, 0.2) is 53.3 Å². The van der Waals surface area contributed by atoms with Crippen LogP contribution in [0.2, 0.25) is 0 Å². The molecule has 5 nitrogen and oxygen atoms in total. The number of pyridine rings is 1. The van der Waals surface area contributed by atoms with Gasteiger partial charge >= 0.3 is 0 Å². The lowest BCUT2D eigenvalue weighted by Crippen LogP contribution is -2.19. The van der Waals surface area contributed by atoms with Crippen molar-refractivity contribution in [1.29, 1.82) is 0 Å². The zero-order valence-corrected chi connectivity index (χ0v) is 13.1. The molecule has 3 aromatic rings. The second kappa shape index (κ2) is 6.49. The summed E-state index contributed by atoms with van der Waals surface area (Å²) in [4.78, 5) is 10.9. The summed E-state index contributed by atoms with van der Waals surface area (Å²) in [6.07, 6.45) is 4.40.